The molecule has 1 aliphatic rings. The average molecular weight is 382 g/mol. The van der Waals surface area contributed by atoms with Gasteiger partial charge in [0, 0.05) is 18.4 Å². The van der Waals surface area contributed by atoms with Crippen molar-refractivity contribution >= 4 is 22.2 Å². The summed E-state index contributed by atoms with van der Waals surface area (Å²) in [6.45, 7) is 3.31. The Bertz CT molecular complexity index is 906. The monoisotopic (exact) mass is 382 g/mol. The smallest absolute Gasteiger partial charge is 0.231 e. The number of amides is 1. The third-order valence-electron chi connectivity index (χ3n) is 4.81. The van der Waals surface area contributed by atoms with Crippen LogP contribution in [0.3, 0.4) is 0 Å². The molecule has 0 bridgehead atoms. The van der Waals surface area contributed by atoms with Gasteiger partial charge in [-0.15, -0.1) is 11.3 Å². The number of benzene rings is 1. The molecule has 0 aliphatic carbocycles. The standard InChI is InChI=1S/C20H22N4O2S/c1-2-17-20(27-13-21-17)23-19(25)16-8-9-26-18(16)15-10-22-24(12-15)11-14-6-4-3-5-7-14/h3-7,10,12-13,16,18H,2,8-9,11H2,1H3,(H,23,25)/t16-,18+/m0/s1. The van der Waals surface area contributed by atoms with Crippen molar-refractivity contribution in [2.45, 2.75) is 32.4 Å². The van der Waals surface area contributed by atoms with Crippen LogP contribution in [-0.2, 0) is 22.5 Å². The van der Waals surface area contributed by atoms with Crippen molar-refractivity contribution in [3.05, 3.63) is 65.1 Å². The number of thiazole rings is 1. The van der Waals surface area contributed by atoms with E-state index in [1.54, 1.807) is 5.51 Å². The summed E-state index contributed by atoms with van der Waals surface area (Å²) in [5, 5.41) is 8.33. The van der Waals surface area contributed by atoms with Crippen molar-refractivity contribution in [2.75, 3.05) is 11.9 Å². The fourth-order valence-corrected chi connectivity index (χ4v) is 4.18. The molecule has 0 radical (unpaired) electrons. The van der Waals surface area contributed by atoms with E-state index in [1.165, 1.54) is 16.9 Å². The number of ether oxygens (including phenoxy) is 1. The van der Waals surface area contributed by atoms with Crippen LogP contribution in [0.25, 0.3) is 0 Å². The summed E-state index contributed by atoms with van der Waals surface area (Å²) in [4.78, 5) is 17.1. The fraction of sp³-hybridized carbons (Fsp3) is 0.350. The molecule has 0 unspecified atom stereocenters. The molecule has 0 saturated carbocycles. The van der Waals surface area contributed by atoms with E-state index in [2.05, 4.69) is 27.5 Å². The second kappa shape index (κ2) is 8.02. The molecule has 3 heterocycles. The van der Waals surface area contributed by atoms with Crippen molar-refractivity contribution in [2.24, 2.45) is 5.92 Å². The van der Waals surface area contributed by atoms with Crippen molar-refractivity contribution in [1.82, 2.24) is 14.8 Å². The Morgan fingerprint density at radius 2 is 2.22 bits per heavy atom. The van der Waals surface area contributed by atoms with Gasteiger partial charge in [0.05, 0.1) is 36.0 Å². The quantitative estimate of drug-likeness (QED) is 0.706. The van der Waals surface area contributed by atoms with Gasteiger partial charge in [0.1, 0.15) is 5.00 Å². The minimum Gasteiger partial charge on any atom is -0.373 e. The van der Waals surface area contributed by atoms with E-state index in [1.807, 2.05) is 42.2 Å². The molecule has 1 aromatic carbocycles. The van der Waals surface area contributed by atoms with E-state index < -0.39 is 0 Å². The van der Waals surface area contributed by atoms with Crippen LogP contribution in [0.1, 0.15) is 36.3 Å². The molecule has 1 N–H and O–H groups in total. The lowest BCUT2D eigenvalue weighted by atomic mass is 9.96. The molecule has 1 fully saturated rings. The number of nitrogens with one attached hydrogen (secondary N) is 1. The van der Waals surface area contributed by atoms with Crippen molar-refractivity contribution in [3.63, 3.8) is 0 Å². The summed E-state index contributed by atoms with van der Waals surface area (Å²) in [7, 11) is 0. The molecule has 1 aliphatic heterocycles. The second-order valence-corrected chi connectivity index (χ2v) is 7.47. The minimum absolute atomic E-state index is 0.00717. The van der Waals surface area contributed by atoms with Crippen LogP contribution < -0.4 is 5.32 Å². The Morgan fingerprint density at radius 1 is 1.37 bits per heavy atom. The lowest BCUT2D eigenvalue weighted by Crippen LogP contribution is -2.25. The minimum atomic E-state index is -0.257. The largest absolute Gasteiger partial charge is 0.373 e. The number of anilines is 1. The highest BCUT2D eigenvalue weighted by molar-refractivity contribution is 7.14. The molecule has 1 amide bonds. The van der Waals surface area contributed by atoms with Crippen LogP contribution in [0.4, 0.5) is 5.00 Å². The Kier molecular flexibility index (Phi) is 5.31. The lowest BCUT2D eigenvalue weighted by Gasteiger charge is -2.16. The number of carbonyl (C=O) groups is 1. The zero-order chi connectivity index (χ0) is 18.6. The number of hydrogen-bond acceptors (Lipinski definition) is 5. The van der Waals surface area contributed by atoms with Gasteiger partial charge in [0.15, 0.2) is 0 Å². The van der Waals surface area contributed by atoms with Gasteiger partial charge in [-0.2, -0.15) is 5.10 Å². The van der Waals surface area contributed by atoms with E-state index >= 15 is 0 Å². The van der Waals surface area contributed by atoms with Gasteiger partial charge in [-0.3, -0.25) is 9.48 Å². The van der Waals surface area contributed by atoms with Crippen molar-refractivity contribution in [1.29, 1.82) is 0 Å². The Hall–Kier alpha value is -2.51. The number of carbonyl (C=O) groups excluding carboxylic acids is 1. The highest BCUT2D eigenvalue weighted by Gasteiger charge is 2.36. The predicted octanol–water partition coefficient (Wildman–Crippen LogP) is 3.67. The third-order valence-corrected chi connectivity index (χ3v) is 5.59. The topological polar surface area (TPSA) is 69.0 Å². The van der Waals surface area contributed by atoms with Gasteiger partial charge >= 0.3 is 0 Å². The van der Waals surface area contributed by atoms with Crippen LogP contribution >= 0.6 is 11.3 Å². The van der Waals surface area contributed by atoms with Crippen LogP contribution in [0, 0.1) is 5.92 Å². The van der Waals surface area contributed by atoms with Gasteiger partial charge in [0.25, 0.3) is 0 Å². The van der Waals surface area contributed by atoms with E-state index in [0.29, 0.717) is 19.6 Å². The molecular weight excluding hydrogens is 360 g/mol. The second-order valence-electron chi connectivity index (χ2n) is 6.61. The highest BCUT2D eigenvalue weighted by atomic mass is 32.1. The van der Waals surface area contributed by atoms with Crippen molar-refractivity contribution < 1.29 is 9.53 Å². The first-order valence-electron chi connectivity index (χ1n) is 9.15. The number of hydrogen-bond donors (Lipinski definition) is 1. The highest BCUT2D eigenvalue weighted by Crippen LogP contribution is 2.35. The molecule has 140 valence electrons. The first-order chi connectivity index (χ1) is 13.2. The van der Waals surface area contributed by atoms with Crippen LogP contribution in [0.2, 0.25) is 0 Å². The maximum Gasteiger partial charge on any atom is 0.231 e. The van der Waals surface area contributed by atoms with Gasteiger partial charge < -0.3 is 10.1 Å². The summed E-state index contributed by atoms with van der Waals surface area (Å²) in [5.41, 5.74) is 4.83. The third kappa shape index (κ3) is 3.94. The van der Waals surface area contributed by atoms with Gasteiger partial charge in [-0.25, -0.2) is 4.98 Å². The molecule has 7 heteroatoms. The normalized spacial score (nSPS) is 19.3. The molecule has 3 aromatic rings. The maximum absolute atomic E-state index is 12.8. The van der Waals surface area contributed by atoms with E-state index in [-0.39, 0.29) is 17.9 Å². The molecular formula is C20H22N4O2S. The Morgan fingerprint density at radius 3 is 3.04 bits per heavy atom. The summed E-state index contributed by atoms with van der Waals surface area (Å²) in [6.07, 6.45) is 5.04. The van der Waals surface area contributed by atoms with Gasteiger partial charge in [-0.1, -0.05) is 37.3 Å². The zero-order valence-corrected chi connectivity index (χ0v) is 16.0. The molecule has 27 heavy (non-hydrogen) atoms. The van der Waals surface area contributed by atoms with Crippen LogP contribution in [0.5, 0.6) is 0 Å². The molecule has 0 spiro atoms. The van der Waals surface area contributed by atoms with Crippen LogP contribution in [0.15, 0.2) is 48.2 Å². The lowest BCUT2D eigenvalue weighted by molar-refractivity contribution is -0.121. The fourth-order valence-electron chi connectivity index (χ4n) is 3.40. The molecule has 4 rings (SSSR count). The van der Waals surface area contributed by atoms with Crippen molar-refractivity contribution in [3.8, 4) is 0 Å². The van der Waals surface area contributed by atoms with Crippen LogP contribution in [-0.4, -0.2) is 27.3 Å². The Labute approximate surface area is 162 Å². The zero-order valence-electron chi connectivity index (χ0n) is 15.2. The van der Waals surface area contributed by atoms with Gasteiger partial charge in [-0.05, 0) is 18.4 Å². The molecule has 1 saturated heterocycles. The maximum atomic E-state index is 12.8. The molecule has 2 aromatic heterocycles. The summed E-state index contributed by atoms with van der Waals surface area (Å²) < 4.78 is 7.77. The molecule has 2 atom stereocenters. The summed E-state index contributed by atoms with van der Waals surface area (Å²) in [6, 6.07) is 10.2. The first kappa shape index (κ1) is 17.9. The first-order valence-corrected chi connectivity index (χ1v) is 10.0. The summed E-state index contributed by atoms with van der Waals surface area (Å²) >= 11 is 1.46. The number of nitrogens with zero attached hydrogens (tertiary/aromatic N) is 3. The molecule has 6 nitrogen and oxygen atoms in total. The summed E-state index contributed by atoms with van der Waals surface area (Å²) in [5.74, 6) is -0.224. The van der Waals surface area contributed by atoms with E-state index in [9.17, 15) is 4.79 Å². The van der Waals surface area contributed by atoms with E-state index in [0.717, 1.165) is 22.7 Å². The average Bonchev–Trinajstić information content (AvgIpc) is 3.42. The SMILES string of the molecule is CCc1ncsc1NC(=O)[C@H]1CCO[C@@H]1c1cnn(Cc2ccccc2)c1. The van der Waals surface area contributed by atoms with E-state index in [4.69, 9.17) is 4.74 Å². The Balaban J connectivity index is 1.46. The number of aryl methyl sites for hydroxylation is 1. The van der Waals surface area contributed by atoms with Gasteiger partial charge in [0.2, 0.25) is 5.91 Å². The predicted molar refractivity (Wildman–Crippen MR) is 105 cm³/mol. The number of rotatable bonds is 6. The number of aromatic nitrogens is 3.